The van der Waals surface area contributed by atoms with Crippen molar-refractivity contribution in [3.63, 3.8) is 0 Å². The van der Waals surface area contributed by atoms with E-state index in [4.69, 9.17) is 11.5 Å². The van der Waals surface area contributed by atoms with Crippen LogP contribution in [0.25, 0.3) is 0 Å². The Balaban J connectivity index is 2.64. The molecule has 1 atom stereocenters. The molecule has 1 heterocycles. The van der Waals surface area contributed by atoms with E-state index in [-0.39, 0.29) is 12.5 Å². The number of carbonyl (C=O) groups is 1. The Morgan fingerprint density at radius 1 is 1.83 bits per heavy atom. The summed E-state index contributed by atoms with van der Waals surface area (Å²) in [7, 11) is 0. The number of amides is 1. The average molecular weight is 297 g/mol. The predicted molar refractivity (Wildman–Crippen MR) is 55.6 cm³/mol. The largest absolute Gasteiger partial charge is 0.370 e. The molecule has 0 unspecified atom stereocenters. The molecule has 0 spiro atoms. The van der Waals surface area contributed by atoms with Crippen LogP contribution < -0.4 is 11.5 Å². The molecule has 0 aliphatic rings. The second-order valence-corrected chi connectivity index (χ2v) is 5.24. The van der Waals surface area contributed by atoms with Gasteiger partial charge >= 0.3 is 0 Å². The van der Waals surface area contributed by atoms with Crippen LogP contribution >= 0.6 is 33.9 Å². The fraction of sp³-hybridized carbons (Fsp3) is 0.333. The number of hydrogen-bond acceptors (Lipinski definition) is 4. The van der Waals surface area contributed by atoms with E-state index in [0.717, 1.165) is 7.89 Å². The molecule has 0 radical (unpaired) electrons. The zero-order valence-corrected chi connectivity index (χ0v) is 9.13. The summed E-state index contributed by atoms with van der Waals surface area (Å²) < 4.78 is 1.06. The minimum Gasteiger partial charge on any atom is -0.370 e. The van der Waals surface area contributed by atoms with Gasteiger partial charge in [-0.1, -0.05) is 0 Å². The van der Waals surface area contributed by atoms with Crippen LogP contribution in [0.1, 0.15) is 17.5 Å². The number of nitrogens with two attached hydrogens (primary N) is 2. The van der Waals surface area contributed by atoms with Gasteiger partial charge in [0.1, 0.15) is 5.01 Å². The molecule has 4 N–H and O–H groups in total. The smallest absolute Gasteiger partial charge is 0.219 e. The van der Waals surface area contributed by atoms with Crippen LogP contribution in [-0.4, -0.2) is 10.9 Å². The first kappa shape index (κ1) is 9.87. The zero-order chi connectivity index (χ0) is 9.14. The molecule has 6 heteroatoms. The van der Waals surface area contributed by atoms with Crippen LogP contribution in [0, 0.1) is 2.88 Å². The van der Waals surface area contributed by atoms with Gasteiger partial charge in [-0.3, -0.25) is 4.79 Å². The summed E-state index contributed by atoms with van der Waals surface area (Å²) in [6, 6.07) is -0.351. The van der Waals surface area contributed by atoms with E-state index in [1.54, 1.807) is 6.20 Å². The molecule has 1 rings (SSSR count). The Morgan fingerprint density at radius 3 is 2.92 bits per heavy atom. The van der Waals surface area contributed by atoms with Gasteiger partial charge in [-0.15, -0.1) is 11.3 Å². The van der Waals surface area contributed by atoms with E-state index >= 15 is 0 Å². The molecule has 0 aliphatic carbocycles. The summed E-state index contributed by atoms with van der Waals surface area (Å²) in [5.74, 6) is -0.396. The van der Waals surface area contributed by atoms with Gasteiger partial charge in [0.05, 0.1) is 15.1 Å². The SMILES string of the molecule is NC(=O)C[C@@H](N)c1ncc(I)s1. The van der Waals surface area contributed by atoms with Gasteiger partial charge in [0.25, 0.3) is 0 Å². The molecule has 1 aromatic rings. The van der Waals surface area contributed by atoms with Crippen molar-refractivity contribution in [3.05, 3.63) is 14.1 Å². The molecule has 12 heavy (non-hydrogen) atoms. The number of aromatic nitrogens is 1. The lowest BCUT2D eigenvalue weighted by Gasteiger charge is -2.03. The van der Waals surface area contributed by atoms with E-state index in [2.05, 4.69) is 27.6 Å². The van der Waals surface area contributed by atoms with Crippen molar-refractivity contribution in [1.29, 1.82) is 0 Å². The Morgan fingerprint density at radius 2 is 2.50 bits per heavy atom. The molecule has 0 fully saturated rings. The number of carbonyl (C=O) groups excluding carboxylic acids is 1. The third kappa shape index (κ3) is 2.68. The van der Waals surface area contributed by atoms with Crippen molar-refractivity contribution < 1.29 is 4.79 Å². The van der Waals surface area contributed by atoms with Crippen molar-refractivity contribution in [2.45, 2.75) is 12.5 Å². The van der Waals surface area contributed by atoms with Crippen LogP contribution in [0.5, 0.6) is 0 Å². The van der Waals surface area contributed by atoms with Crippen molar-refractivity contribution in [2.24, 2.45) is 11.5 Å². The van der Waals surface area contributed by atoms with Crippen LogP contribution in [0.15, 0.2) is 6.20 Å². The number of primary amides is 1. The topological polar surface area (TPSA) is 82.0 Å². The van der Waals surface area contributed by atoms with Crippen molar-refractivity contribution in [2.75, 3.05) is 0 Å². The highest BCUT2D eigenvalue weighted by molar-refractivity contribution is 14.1. The second kappa shape index (κ2) is 4.15. The quantitative estimate of drug-likeness (QED) is 0.803. The number of nitrogens with zero attached hydrogens (tertiary/aromatic N) is 1. The minimum atomic E-state index is -0.396. The standard InChI is InChI=1S/C6H8IN3OS/c7-4-2-10-6(12-4)3(8)1-5(9)11/h2-3H,1,8H2,(H2,9,11)/t3-/m1/s1. The van der Waals surface area contributed by atoms with Gasteiger partial charge in [0.15, 0.2) is 0 Å². The van der Waals surface area contributed by atoms with E-state index < -0.39 is 5.91 Å². The first-order valence-corrected chi connectivity index (χ1v) is 5.14. The van der Waals surface area contributed by atoms with Crippen LogP contribution in [0.3, 0.4) is 0 Å². The summed E-state index contributed by atoms with van der Waals surface area (Å²) in [5, 5.41) is 0.762. The van der Waals surface area contributed by atoms with E-state index in [1.165, 1.54) is 11.3 Å². The van der Waals surface area contributed by atoms with Gasteiger partial charge in [-0.2, -0.15) is 0 Å². The molecule has 1 aromatic heterocycles. The Hall–Kier alpha value is -0.210. The lowest BCUT2D eigenvalue weighted by atomic mass is 10.2. The minimum absolute atomic E-state index is 0.156. The normalized spacial score (nSPS) is 12.8. The van der Waals surface area contributed by atoms with Crippen molar-refractivity contribution >= 4 is 39.8 Å². The fourth-order valence-corrected chi connectivity index (χ4v) is 2.20. The van der Waals surface area contributed by atoms with E-state index in [0.29, 0.717) is 0 Å². The highest BCUT2D eigenvalue weighted by atomic mass is 127. The summed E-state index contributed by atoms with van der Waals surface area (Å²) in [6.45, 7) is 0. The maximum absolute atomic E-state index is 10.5. The molecule has 0 aromatic carbocycles. The summed E-state index contributed by atoms with van der Waals surface area (Å²) in [6.07, 6.45) is 1.88. The molecule has 66 valence electrons. The Labute approximate surface area is 87.5 Å². The molecular formula is C6H8IN3OS. The molecular weight excluding hydrogens is 289 g/mol. The van der Waals surface area contributed by atoms with Gasteiger partial charge in [-0.25, -0.2) is 4.98 Å². The van der Waals surface area contributed by atoms with Crippen LogP contribution in [0.4, 0.5) is 0 Å². The first-order chi connectivity index (χ1) is 5.59. The Kier molecular flexibility index (Phi) is 3.41. The first-order valence-electron chi connectivity index (χ1n) is 3.24. The maximum Gasteiger partial charge on any atom is 0.219 e. The second-order valence-electron chi connectivity index (χ2n) is 2.28. The van der Waals surface area contributed by atoms with Gasteiger partial charge in [0.2, 0.25) is 5.91 Å². The number of rotatable bonds is 3. The lowest BCUT2D eigenvalue weighted by Crippen LogP contribution is -2.20. The number of hydrogen-bond donors (Lipinski definition) is 2. The van der Waals surface area contributed by atoms with Gasteiger partial charge in [-0.05, 0) is 22.6 Å². The monoisotopic (exact) mass is 297 g/mol. The van der Waals surface area contributed by atoms with Crippen LogP contribution in [-0.2, 0) is 4.79 Å². The Bertz CT molecular complexity index is 288. The summed E-state index contributed by atoms with van der Waals surface area (Å²) >= 11 is 3.63. The van der Waals surface area contributed by atoms with Crippen molar-refractivity contribution in [1.82, 2.24) is 4.98 Å². The van der Waals surface area contributed by atoms with Crippen LogP contribution in [0.2, 0.25) is 0 Å². The molecule has 0 saturated heterocycles. The summed E-state index contributed by atoms with van der Waals surface area (Å²) in [4.78, 5) is 14.6. The fourth-order valence-electron chi connectivity index (χ4n) is 0.742. The highest BCUT2D eigenvalue weighted by Gasteiger charge is 2.12. The zero-order valence-electron chi connectivity index (χ0n) is 6.16. The summed E-state index contributed by atoms with van der Waals surface area (Å²) in [5.41, 5.74) is 10.6. The molecule has 4 nitrogen and oxygen atoms in total. The van der Waals surface area contributed by atoms with E-state index in [9.17, 15) is 4.79 Å². The van der Waals surface area contributed by atoms with Crippen molar-refractivity contribution in [3.8, 4) is 0 Å². The van der Waals surface area contributed by atoms with Gasteiger partial charge in [0, 0.05) is 6.42 Å². The molecule has 0 aliphatic heterocycles. The van der Waals surface area contributed by atoms with E-state index in [1.807, 2.05) is 0 Å². The number of halogens is 1. The maximum atomic E-state index is 10.5. The molecule has 0 bridgehead atoms. The third-order valence-electron chi connectivity index (χ3n) is 1.23. The number of thiazole rings is 1. The average Bonchev–Trinajstić information content (AvgIpc) is 2.34. The predicted octanol–water partition coefficient (Wildman–Crippen LogP) is 0.623. The third-order valence-corrected chi connectivity index (χ3v) is 3.09. The van der Waals surface area contributed by atoms with Gasteiger partial charge < -0.3 is 11.5 Å². The highest BCUT2D eigenvalue weighted by Crippen LogP contribution is 2.21. The lowest BCUT2D eigenvalue weighted by molar-refractivity contribution is -0.118. The molecule has 1 amide bonds. The molecule has 0 saturated carbocycles.